The van der Waals surface area contributed by atoms with Gasteiger partial charge in [-0.2, -0.15) is 13.2 Å². The Bertz CT molecular complexity index is 1120. The Labute approximate surface area is 182 Å². The van der Waals surface area contributed by atoms with Crippen LogP contribution < -0.4 is 0 Å². The highest BCUT2D eigenvalue weighted by atomic mass is 32.1. The third kappa shape index (κ3) is 6.24. The zero-order valence-electron chi connectivity index (χ0n) is 17.6. The number of halogens is 3. The molecule has 2 aromatic heterocycles. The van der Waals surface area contributed by atoms with Crippen LogP contribution in [0.3, 0.4) is 0 Å². The number of allylic oxidation sites excluding steroid dienone is 1. The molecule has 0 aliphatic carbocycles. The number of aliphatic carboxylic acids is 1. The van der Waals surface area contributed by atoms with Crippen molar-refractivity contribution in [3.8, 4) is 0 Å². The molecule has 0 aliphatic heterocycles. The van der Waals surface area contributed by atoms with E-state index in [1.54, 1.807) is 6.07 Å². The summed E-state index contributed by atoms with van der Waals surface area (Å²) in [5.74, 6) is -1.66. The van der Waals surface area contributed by atoms with E-state index in [1.807, 2.05) is 11.3 Å². The van der Waals surface area contributed by atoms with Gasteiger partial charge in [-0.3, -0.25) is 4.98 Å². The van der Waals surface area contributed by atoms with Crippen LogP contribution in [-0.2, 0) is 11.2 Å². The minimum absolute atomic E-state index is 0.0426. The van der Waals surface area contributed by atoms with Gasteiger partial charge in [-0.1, -0.05) is 25.1 Å². The summed E-state index contributed by atoms with van der Waals surface area (Å²) in [4.78, 5) is 17.8. The maximum Gasteiger partial charge on any atom is 0.433 e. The number of aliphatic imine (C=N–C) groups is 1. The lowest BCUT2D eigenvalue weighted by Crippen LogP contribution is -2.17. The molecular weight excluding hydrogens is 425 g/mol. The average Bonchev–Trinajstić information content (AvgIpc) is 3.16. The van der Waals surface area contributed by atoms with Crippen molar-refractivity contribution < 1.29 is 23.1 Å². The van der Waals surface area contributed by atoms with Gasteiger partial charge >= 0.3 is 12.1 Å². The molecule has 4 nitrogen and oxygen atoms in total. The van der Waals surface area contributed by atoms with Crippen LogP contribution in [0, 0.1) is 6.92 Å². The largest absolute Gasteiger partial charge is 0.478 e. The molecule has 0 amide bonds. The van der Waals surface area contributed by atoms with Gasteiger partial charge in [-0.15, -0.1) is 11.3 Å². The number of carboxylic acids is 1. The van der Waals surface area contributed by atoms with Crippen molar-refractivity contribution in [3.63, 3.8) is 0 Å². The molecule has 0 atom stereocenters. The number of pyridine rings is 1. The summed E-state index contributed by atoms with van der Waals surface area (Å²) in [7, 11) is 0. The summed E-state index contributed by atoms with van der Waals surface area (Å²) in [6, 6.07) is 9.61. The molecule has 3 rings (SSSR count). The summed E-state index contributed by atoms with van der Waals surface area (Å²) in [6.07, 6.45) is -0.862. The Kier molecular flexibility index (Phi) is 8.10. The number of benzene rings is 1. The predicted octanol–water partition coefficient (Wildman–Crippen LogP) is 6.58. The zero-order valence-corrected chi connectivity index (χ0v) is 18.4. The number of thiophene rings is 1. The first kappa shape index (κ1) is 24.3. The molecule has 2 heterocycles. The van der Waals surface area contributed by atoms with Gasteiger partial charge in [0.05, 0.1) is 5.57 Å². The molecule has 164 valence electrons. The molecule has 0 aliphatic rings. The highest BCUT2D eigenvalue weighted by Gasteiger charge is 2.37. The van der Waals surface area contributed by atoms with Crippen molar-refractivity contribution in [2.24, 2.45) is 4.99 Å². The van der Waals surface area contributed by atoms with E-state index in [1.165, 1.54) is 46.6 Å². The SMILES string of the molecule is CC(=N/C(=C(\C)C(=O)O)C(F)(F)F)c1cccnc1.CCc1csc2cccc(C)c12. The molecule has 8 heteroatoms. The fraction of sp³-hybridized carbons (Fsp3) is 0.261. The molecule has 0 bridgehead atoms. The summed E-state index contributed by atoms with van der Waals surface area (Å²) in [6.45, 7) is 6.63. The summed E-state index contributed by atoms with van der Waals surface area (Å²) >= 11 is 1.85. The Morgan fingerprint density at radius 3 is 2.45 bits per heavy atom. The molecule has 3 aromatic rings. The van der Waals surface area contributed by atoms with Crippen LogP contribution in [0.5, 0.6) is 0 Å². The smallest absolute Gasteiger partial charge is 0.433 e. The van der Waals surface area contributed by atoms with Crippen molar-refractivity contribution in [2.75, 3.05) is 0 Å². The number of alkyl halides is 3. The molecule has 1 aromatic carbocycles. The van der Waals surface area contributed by atoms with Gasteiger partial charge in [0.25, 0.3) is 0 Å². The monoisotopic (exact) mass is 448 g/mol. The summed E-state index contributed by atoms with van der Waals surface area (Å²) in [5, 5.41) is 12.4. The Morgan fingerprint density at radius 2 is 1.90 bits per heavy atom. The first-order valence-corrected chi connectivity index (χ1v) is 10.4. The van der Waals surface area contributed by atoms with Crippen LogP contribution in [0.2, 0.25) is 0 Å². The fourth-order valence-electron chi connectivity index (χ4n) is 2.87. The van der Waals surface area contributed by atoms with E-state index in [4.69, 9.17) is 5.11 Å². The van der Waals surface area contributed by atoms with E-state index in [9.17, 15) is 18.0 Å². The van der Waals surface area contributed by atoms with E-state index in [-0.39, 0.29) is 5.71 Å². The number of nitrogens with zero attached hydrogens (tertiary/aromatic N) is 2. The van der Waals surface area contributed by atoms with Gasteiger partial charge < -0.3 is 5.11 Å². The Hall–Kier alpha value is -3.00. The Morgan fingerprint density at radius 1 is 1.19 bits per heavy atom. The first-order valence-electron chi connectivity index (χ1n) is 9.49. The lowest BCUT2D eigenvalue weighted by Gasteiger charge is -2.10. The van der Waals surface area contributed by atoms with Crippen molar-refractivity contribution in [1.82, 2.24) is 4.98 Å². The second-order valence-electron chi connectivity index (χ2n) is 6.78. The van der Waals surface area contributed by atoms with Crippen molar-refractivity contribution in [1.29, 1.82) is 0 Å². The van der Waals surface area contributed by atoms with Gasteiger partial charge in [0.2, 0.25) is 0 Å². The molecule has 0 fully saturated rings. The molecule has 0 spiro atoms. The molecule has 1 N–H and O–H groups in total. The van der Waals surface area contributed by atoms with E-state index < -0.39 is 23.4 Å². The highest BCUT2D eigenvalue weighted by molar-refractivity contribution is 7.17. The van der Waals surface area contributed by atoms with Crippen molar-refractivity contribution in [3.05, 3.63) is 76.1 Å². The number of rotatable bonds is 4. The molecule has 0 saturated heterocycles. The lowest BCUT2D eigenvalue weighted by atomic mass is 10.1. The number of carbonyl (C=O) groups is 1. The number of hydrogen-bond donors (Lipinski definition) is 1. The number of carboxylic acid groups (broad SMARTS) is 1. The zero-order chi connectivity index (χ0) is 23.2. The first-order chi connectivity index (χ1) is 14.6. The van der Waals surface area contributed by atoms with E-state index in [0.29, 0.717) is 5.56 Å². The minimum atomic E-state index is -4.83. The van der Waals surface area contributed by atoms with E-state index >= 15 is 0 Å². The van der Waals surface area contributed by atoms with Crippen molar-refractivity contribution >= 4 is 33.1 Å². The van der Waals surface area contributed by atoms with Gasteiger partial charge in [0.1, 0.15) is 0 Å². The maximum absolute atomic E-state index is 12.8. The van der Waals surface area contributed by atoms with E-state index in [0.717, 1.165) is 13.3 Å². The van der Waals surface area contributed by atoms with E-state index in [2.05, 4.69) is 47.4 Å². The van der Waals surface area contributed by atoms with Crippen molar-refractivity contribution in [2.45, 2.75) is 40.3 Å². The lowest BCUT2D eigenvalue weighted by molar-refractivity contribution is -0.134. The van der Waals surface area contributed by atoms with Gasteiger partial charge in [-0.05, 0) is 61.2 Å². The maximum atomic E-state index is 12.8. The molecule has 31 heavy (non-hydrogen) atoms. The van der Waals surface area contributed by atoms with Gasteiger partial charge in [0.15, 0.2) is 5.70 Å². The third-order valence-electron chi connectivity index (χ3n) is 4.57. The highest BCUT2D eigenvalue weighted by Crippen LogP contribution is 2.30. The predicted molar refractivity (Wildman–Crippen MR) is 119 cm³/mol. The molecular formula is C23H23F3N2O2S. The van der Waals surface area contributed by atoms with Gasteiger partial charge in [-0.25, -0.2) is 9.79 Å². The second kappa shape index (κ2) is 10.3. The quantitative estimate of drug-likeness (QED) is 0.362. The normalized spacial score (nSPS) is 12.8. The Balaban J connectivity index is 0.000000242. The fourth-order valence-corrected chi connectivity index (χ4v) is 4.00. The molecule has 0 unspecified atom stereocenters. The third-order valence-corrected chi connectivity index (χ3v) is 5.56. The van der Waals surface area contributed by atoms with Gasteiger partial charge in [0, 0.05) is 28.4 Å². The average molecular weight is 449 g/mol. The number of aromatic nitrogens is 1. The summed E-state index contributed by atoms with van der Waals surface area (Å²) < 4.78 is 39.7. The molecule has 0 saturated carbocycles. The van der Waals surface area contributed by atoms with Crippen LogP contribution in [0.15, 0.2) is 64.4 Å². The summed E-state index contributed by atoms with van der Waals surface area (Å²) in [5.41, 5.74) is 1.07. The topological polar surface area (TPSA) is 62.5 Å². The standard InChI is InChI=1S/C12H11F3N2O2.C11H12S/c1-7(11(18)19)10(12(13,14)15)17-8(2)9-4-3-5-16-6-9;1-3-9-7-12-10-6-4-5-8(2)11(9)10/h3-6H,1-2H3,(H,18,19);4-7H,3H2,1-2H3/b10-7+,17-8?;. The number of hydrogen-bond acceptors (Lipinski definition) is 4. The second-order valence-corrected chi connectivity index (χ2v) is 7.69. The minimum Gasteiger partial charge on any atom is -0.478 e. The number of fused-ring (bicyclic) bond motifs is 1. The van der Waals surface area contributed by atoms with Crippen LogP contribution >= 0.6 is 11.3 Å². The number of aryl methyl sites for hydroxylation is 2. The van der Waals surface area contributed by atoms with Crippen LogP contribution in [0.1, 0.15) is 37.5 Å². The van der Waals surface area contributed by atoms with Crippen LogP contribution in [-0.4, -0.2) is 27.9 Å². The van der Waals surface area contributed by atoms with Crippen LogP contribution in [0.25, 0.3) is 10.1 Å². The molecule has 0 radical (unpaired) electrons. The van der Waals surface area contributed by atoms with Crippen LogP contribution in [0.4, 0.5) is 13.2 Å².